The summed E-state index contributed by atoms with van der Waals surface area (Å²) in [5.41, 5.74) is 1.55. The van der Waals surface area contributed by atoms with Crippen LogP contribution in [0, 0.1) is 0 Å². The summed E-state index contributed by atoms with van der Waals surface area (Å²) >= 11 is 0. The second-order valence-corrected chi connectivity index (χ2v) is 4.69. The average Bonchev–Trinajstić information content (AvgIpc) is 2.53. The Kier molecular flexibility index (Phi) is 3.61. The Morgan fingerprint density at radius 3 is 2.68 bits per heavy atom. The predicted molar refractivity (Wildman–Crippen MR) is 78.9 cm³/mol. The van der Waals surface area contributed by atoms with E-state index < -0.39 is 5.97 Å². The molecule has 0 unspecified atom stereocenters. The number of fused-ring (bicyclic) bond motifs is 1. The summed E-state index contributed by atoms with van der Waals surface area (Å²) in [6.07, 6.45) is 1.67. The largest absolute Gasteiger partial charge is 0.481 e. The topological polar surface area (TPSA) is 98.0 Å². The van der Waals surface area contributed by atoms with Crippen LogP contribution in [0.15, 0.2) is 47.4 Å². The molecule has 1 aromatic carbocycles. The fourth-order valence-corrected chi connectivity index (χ4v) is 2.03. The van der Waals surface area contributed by atoms with Crippen molar-refractivity contribution >= 4 is 17.0 Å². The second-order valence-electron chi connectivity index (χ2n) is 4.69. The van der Waals surface area contributed by atoms with E-state index in [1.54, 1.807) is 6.07 Å². The van der Waals surface area contributed by atoms with Gasteiger partial charge >= 0.3 is 5.97 Å². The Morgan fingerprint density at radius 2 is 1.91 bits per heavy atom. The molecule has 0 aliphatic carbocycles. The average molecular weight is 296 g/mol. The lowest BCUT2D eigenvalue weighted by atomic mass is 10.2. The first-order chi connectivity index (χ1) is 10.6. The van der Waals surface area contributed by atoms with E-state index in [-0.39, 0.29) is 18.4 Å². The zero-order valence-corrected chi connectivity index (χ0v) is 11.5. The second kappa shape index (κ2) is 5.72. The summed E-state index contributed by atoms with van der Waals surface area (Å²) in [7, 11) is 0. The third kappa shape index (κ3) is 2.83. The SMILES string of the molecule is O=C(O)CCc1ccc(=O)n(-c2cnc3ccccc3n2)n1. The van der Waals surface area contributed by atoms with Crippen molar-refractivity contribution in [3.8, 4) is 5.82 Å². The van der Waals surface area contributed by atoms with Gasteiger partial charge in [0.15, 0.2) is 5.82 Å². The monoisotopic (exact) mass is 296 g/mol. The number of nitrogens with zero attached hydrogens (tertiary/aromatic N) is 4. The van der Waals surface area contributed by atoms with E-state index >= 15 is 0 Å². The molecule has 7 nitrogen and oxygen atoms in total. The molecule has 22 heavy (non-hydrogen) atoms. The third-order valence-corrected chi connectivity index (χ3v) is 3.10. The van der Waals surface area contributed by atoms with Gasteiger partial charge in [-0.05, 0) is 18.2 Å². The van der Waals surface area contributed by atoms with E-state index in [1.807, 2.05) is 18.2 Å². The van der Waals surface area contributed by atoms with Crippen molar-refractivity contribution in [3.63, 3.8) is 0 Å². The molecule has 0 atom stereocenters. The Bertz CT molecular complexity index is 904. The fourth-order valence-electron chi connectivity index (χ4n) is 2.03. The highest BCUT2D eigenvalue weighted by Crippen LogP contribution is 2.10. The molecule has 0 spiro atoms. The van der Waals surface area contributed by atoms with Crippen molar-refractivity contribution in [1.82, 2.24) is 19.7 Å². The number of benzene rings is 1. The van der Waals surface area contributed by atoms with Gasteiger partial charge in [0, 0.05) is 12.5 Å². The quantitative estimate of drug-likeness (QED) is 0.776. The van der Waals surface area contributed by atoms with E-state index in [4.69, 9.17) is 5.11 Å². The number of hydrogen-bond donors (Lipinski definition) is 1. The van der Waals surface area contributed by atoms with E-state index in [9.17, 15) is 9.59 Å². The Hall–Kier alpha value is -3.09. The van der Waals surface area contributed by atoms with Crippen molar-refractivity contribution < 1.29 is 9.90 Å². The maximum atomic E-state index is 12.0. The number of aliphatic carboxylic acids is 1. The first kappa shape index (κ1) is 13.9. The fraction of sp³-hybridized carbons (Fsp3) is 0.133. The Balaban J connectivity index is 2.03. The molecule has 2 heterocycles. The number of carbonyl (C=O) groups is 1. The first-order valence-corrected chi connectivity index (χ1v) is 6.67. The molecule has 3 rings (SSSR count). The minimum Gasteiger partial charge on any atom is -0.481 e. The molecular formula is C15H12N4O3. The van der Waals surface area contributed by atoms with E-state index in [0.29, 0.717) is 17.0 Å². The summed E-state index contributed by atoms with van der Waals surface area (Å²) in [6, 6.07) is 10.2. The highest BCUT2D eigenvalue weighted by Gasteiger charge is 2.08. The zero-order chi connectivity index (χ0) is 15.5. The standard InChI is InChI=1S/C15H12N4O3/c20-14-7-5-10(6-8-15(21)22)18-19(14)13-9-16-11-3-1-2-4-12(11)17-13/h1-5,7,9H,6,8H2,(H,21,22). The van der Waals surface area contributed by atoms with Gasteiger partial charge in [-0.15, -0.1) is 0 Å². The van der Waals surface area contributed by atoms with Crippen LogP contribution in [-0.2, 0) is 11.2 Å². The van der Waals surface area contributed by atoms with Gasteiger partial charge in [0.1, 0.15) is 0 Å². The van der Waals surface area contributed by atoms with Crippen LogP contribution >= 0.6 is 0 Å². The molecule has 0 aliphatic heterocycles. The van der Waals surface area contributed by atoms with E-state index in [2.05, 4.69) is 15.1 Å². The van der Waals surface area contributed by atoms with Crippen molar-refractivity contribution in [2.24, 2.45) is 0 Å². The summed E-state index contributed by atoms with van der Waals surface area (Å²) in [5.74, 6) is -0.606. The van der Waals surface area contributed by atoms with Gasteiger partial charge in [-0.1, -0.05) is 12.1 Å². The first-order valence-electron chi connectivity index (χ1n) is 6.67. The number of carboxylic acids is 1. The number of para-hydroxylation sites is 2. The summed E-state index contributed by atoms with van der Waals surface area (Å²) < 4.78 is 1.14. The summed E-state index contributed by atoms with van der Waals surface area (Å²) in [5, 5.41) is 12.9. The minimum absolute atomic E-state index is 0.0470. The highest BCUT2D eigenvalue weighted by molar-refractivity contribution is 5.74. The van der Waals surface area contributed by atoms with Gasteiger partial charge in [0.05, 0.1) is 29.3 Å². The molecule has 0 saturated carbocycles. The van der Waals surface area contributed by atoms with Gasteiger partial charge in [0.25, 0.3) is 5.56 Å². The molecule has 0 bridgehead atoms. The maximum absolute atomic E-state index is 12.0. The van der Waals surface area contributed by atoms with Crippen molar-refractivity contribution in [2.75, 3.05) is 0 Å². The molecule has 1 N–H and O–H groups in total. The number of hydrogen-bond acceptors (Lipinski definition) is 5. The smallest absolute Gasteiger partial charge is 0.303 e. The molecule has 0 saturated heterocycles. The maximum Gasteiger partial charge on any atom is 0.303 e. The lowest BCUT2D eigenvalue weighted by molar-refractivity contribution is -0.136. The van der Waals surface area contributed by atoms with Crippen LogP contribution in [0.4, 0.5) is 0 Å². The normalized spacial score (nSPS) is 10.7. The van der Waals surface area contributed by atoms with Gasteiger partial charge in [0.2, 0.25) is 0 Å². The molecule has 7 heteroatoms. The molecule has 0 fully saturated rings. The van der Waals surface area contributed by atoms with Crippen LogP contribution in [0.1, 0.15) is 12.1 Å². The molecule has 110 valence electrons. The third-order valence-electron chi connectivity index (χ3n) is 3.10. The van der Waals surface area contributed by atoms with Crippen LogP contribution < -0.4 is 5.56 Å². The van der Waals surface area contributed by atoms with Crippen molar-refractivity contribution in [3.05, 3.63) is 58.6 Å². The molecule has 0 radical (unpaired) electrons. The van der Waals surface area contributed by atoms with Gasteiger partial charge < -0.3 is 5.11 Å². The van der Waals surface area contributed by atoms with Crippen LogP contribution in [0.25, 0.3) is 16.9 Å². The van der Waals surface area contributed by atoms with Crippen molar-refractivity contribution in [2.45, 2.75) is 12.8 Å². The molecular weight excluding hydrogens is 284 g/mol. The zero-order valence-electron chi connectivity index (χ0n) is 11.5. The Morgan fingerprint density at radius 1 is 1.14 bits per heavy atom. The minimum atomic E-state index is -0.912. The highest BCUT2D eigenvalue weighted by atomic mass is 16.4. The van der Waals surface area contributed by atoms with Gasteiger partial charge in [-0.25, -0.2) is 4.98 Å². The lowest BCUT2D eigenvalue weighted by Gasteiger charge is -2.06. The van der Waals surface area contributed by atoms with Gasteiger partial charge in [-0.3, -0.25) is 14.6 Å². The number of aromatic nitrogens is 4. The molecule has 2 aromatic heterocycles. The van der Waals surface area contributed by atoms with Crippen LogP contribution in [0.5, 0.6) is 0 Å². The number of carboxylic acid groups (broad SMARTS) is 1. The summed E-state index contributed by atoms with van der Waals surface area (Å²) in [4.78, 5) is 31.2. The van der Waals surface area contributed by atoms with E-state index in [1.165, 1.54) is 18.3 Å². The number of aryl methyl sites for hydroxylation is 1. The van der Waals surface area contributed by atoms with Gasteiger partial charge in [-0.2, -0.15) is 9.78 Å². The molecule has 0 aliphatic rings. The lowest BCUT2D eigenvalue weighted by Crippen LogP contribution is -2.22. The van der Waals surface area contributed by atoms with Crippen LogP contribution in [0.3, 0.4) is 0 Å². The Labute approximate surface area is 124 Å². The van der Waals surface area contributed by atoms with Crippen LogP contribution in [0.2, 0.25) is 0 Å². The number of rotatable bonds is 4. The molecule has 3 aromatic rings. The van der Waals surface area contributed by atoms with E-state index in [0.717, 1.165) is 10.2 Å². The molecule has 0 amide bonds. The summed E-state index contributed by atoms with van der Waals surface area (Å²) in [6.45, 7) is 0. The predicted octanol–water partition coefficient (Wildman–Crippen LogP) is 1.19. The van der Waals surface area contributed by atoms with Crippen LogP contribution in [-0.4, -0.2) is 30.8 Å². The van der Waals surface area contributed by atoms with Crippen molar-refractivity contribution in [1.29, 1.82) is 0 Å².